The first-order chi connectivity index (χ1) is 8.03. The number of benzene rings is 1. The minimum absolute atomic E-state index is 0.0626. The molecule has 2 N–H and O–H groups in total. The summed E-state index contributed by atoms with van der Waals surface area (Å²) < 4.78 is 26.4. The fraction of sp³-hybridized carbons (Fsp3) is 0.364. The molecule has 0 fully saturated rings. The van der Waals surface area contributed by atoms with E-state index in [0.29, 0.717) is 0 Å². The van der Waals surface area contributed by atoms with Gasteiger partial charge in [-0.05, 0) is 39.0 Å². The number of hydrogen-bond acceptors (Lipinski definition) is 3. The number of halogens is 1. The van der Waals surface area contributed by atoms with E-state index in [1.165, 1.54) is 12.1 Å². The lowest BCUT2D eigenvalue weighted by Gasteiger charge is -2.20. The number of rotatable bonds is 3. The van der Waals surface area contributed by atoms with Gasteiger partial charge >= 0.3 is 5.97 Å². The van der Waals surface area contributed by atoms with Crippen LogP contribution < -0.4 is 4.72 Å². The zero-order chi connectivity index (χ0) is 14.1. The highest BCUT2D eigenvalue weighted by atomic mass is 35.5. The molecule has 0 heterocycles. The minimum Gasteiger partial charge on any atom is -0.478 e. The fourth-order valence-corrected chi connectivity index (χ4v) is 3.07. The molecule has 0 aromatic heterocycles. The van der Waals surface area contributed by atoms with Crippen LogP contribution in [-0.2, 0) is 10.0 Å². The first kappa shape index (κ1) is 14.9. The van der Waals surface area contributed by atoms with Crippen molar-refractivity contribution in [1.82, 2.24) is 4.72 Å². The number of carboxylic acids is 1. The molecule has 0 saturated carbocycles. The SMILES string of the molecule is CC(C)(C)NS(=O)(=O)c1ccc(C(=O)O)c(Cl)c1. The van der Waals surface area contributed by atoms with E-state index in [4.69, 9.17) is 16.7 Å². The van der Waals surface area contributed by atoms with Crippen molar-refractivity contribution in [2.45, 2.75) is 31.2 Å². The molecular weight excluding hydrogens is 278 g/mol. The lowest BCUT2D eigenvalue weighted by atomic mass is 10.1. The van der Waals surface area contributed by atoms with Crippen molar-refractivity contribution < 1.29 is 18.3 Å². The predicted octanol–water partition coefficient (Wildman–Crippen LogP) is 2.12. The summed E-state index contributed by atoms with van der Waals surface area (Å²) in [6.07, 6.45) is 0. The molecule has 0 saturated heterocycles. The minimum atomic E-state index is -3.71. The highest BCUT2D eigenvalue weighted by Gasteiger charge is 2.23. The zero-order valence-corrected chi connectivity index (χ0v) is 11.8. The van der Waals surface area contributed by atoms with Crippen molar-refractivity contribution in [2.75, 3.05) is 0 Å². The van der Waals surface area contributed by atoms with Crippen molar-refractivity contribution in [1.29, 1.82) is 0 Å². The number of aromatic carboxylic acids is 1. The van der Waals surface area contributed by atoms with Crippen LogP contribution in [0, 0.1) is 0 Å². The maximum Gasteiger partial charge on any atom is 0.337 e. The van der Waals surface area contributed by atoms with Gasteiger partial charge in [0.2, 0.25) is 10.0 Å². The molecular formula is C11H14ClNO4S. The molecule has 7 heteroatoms. The summed E-state index contributed by atoms with van der Waals surface area (Å²) in [5.41, 5.74) is -0.761. The monoisotopic (exact) mass is 291 g/mol. The molecule has 0 aliphatic carbocycles. The topological polar surface area (TPSA) is 83.5 Å². The van der Waals surface area contributed by atoms with Crippen LogP contribution in [0.15, 0.2) is 23.1 Å². The number of hydrogen-bond donors (Lipinski definition) is 2. The van der Waals surface area contributed by atoms with Crippen molar-refractivity contribution in [2.24, 2.45) is 0 Å². The Kier molecular flexibility index (Phi) is 4.05. The second-order valence-corrected chi connectivity index (χ2v) is 6.89. The highest BCUT2D eigenvalue weighted by Crippen LogP contribution is 2.21. The average molecular weight is 292 g/mol. The Balaban J connectivity index is 3.20. The molecule has 0 atom stereocenters. The lowest BCUT2D eigenvalue weighted by Crippen LogP contribution is -2.40. The Hall–Kier alpha value is -1.11. The molecule has 0 bridgehead atoms. The Morgan fingerprint density at radius 2 is 1.89 bits per heavy atom. The van der Waals surface area contributed by atoms with Gasteiger partial charge in [-0.3, -0.25) is 0 Å². The van der Waals surface area contributed by atoms with Gasteiger partial charge in [-0.2, -0.15) is 0 Å². The van der Waals surface area contributed by atoms with Crippen LogP contribution in [0.25, 0.3) is 0 Å². The first-order valence-corrected chi connectivity index (χ1v) is 6.96. The highest BCUT2D eigenvalue weighted by molar-refractivity contribution is 7.89. The van der Waals surface area contributed by atoms with E-state index >= 15 is 0 Å². The molecule has 0 radical (unpaired) electrons. The molecule has 0 spiro atoms. The summed E-state index contributed by atoms with van der Waals surface area (Å²) in [5.74, 6) is -1.20. The van der Waals surface area contributed by atoms with Crippen LogP contribution in [-0.4, -0.2) is 25.0 Å². The van der Waals surface area contributed by atoms with E-state index in [1.54, 1.807) is 20.8 Å². The Bertz CT molecular complexity index is 575. The van der Waals surface area contributed by atoms with Gasteiger partial charge in [-0.15, -0.1) is 0 Å². The largest absolute Gasteiger partial charge is 0.478 e. The van der Waals surface area contributed by atoms with E-state index in [-0.39, 0.29) is 15.5 Å². The fourth-order valence-electron chi connectivity index (χ4n) is 1.30. The molecule has 100 valence electrons. The Labute approximate surface area is 111 Å². The third-order valence-electron chi connectivity index (χ3n) is 1.92. The van der Waals surface area contributed by atoms with Gasteiger partial charge in [-0.25, -0.2) is 17.9 Å². The first-order valence-electron chi connectivity index (χ1n) is 5.10. The summed E-state index contributed by atoms with van der Waals surface area (Å²) in [5, 5.41) is 8.68. The van der Waals surface area contributed by atoms with Crippen molar-refractivity contribution >= 4 is 27.6 Å². The molecule has 5 nitrogen and oxygen atoms in total. The van der Waals surface area contributed by atoms with E-state index in [9.17, 15) is 13.2 Å². The molecule has 18 heavy (non-hydrogen) atoms. The third kappa shape index (κ3) is 3.69. The van der Waals surface area contributed by atoms with Gasteiger partial charge in [0.15, 0.2) is 0 Å². The van der Waals surface area contributed by atoms with E-state index in [1.807, 2.05) is 0 Å². The molecule has 0 unspecified atom stereocenters. The summed E-state index contributed by atoms with van der Waals surface area (Å²) >= 11 is 5.73. The number of sulfonamides is 1. The maximum atomic E-state index is 12.0. The van der Waals surface area contributed by atoms with Crippen LogP contribution in [0.5, 0.6) is 0 Å². The van der Waals surface area contributed by atoms with Crippen LogP contribution >= 0.6 is 11.6 Å². The van der Waals surface area contributed by atoms with Gasteiger partial charge < -0.3 is 5.11 Å². The Morgan fingerprint density at radius 3 is 2.28 bits per heavy atom. The normalized spacial score (nSPS) is 12.4. The average Bonchev–Trinajstić information content (AvgIpc) is 2.12. The molecule has 1 rings (SSSR count). The lowest BCUT2D eigenvalue weighted by molar-refractivity contribution is 0.0697. The summed E-state index contributed by atoms with van der Waals surface area (Å²) in [6, 6.07) is 3.50. The summed E-state index contributed by atoms with van der Waals surface area (Å²) in [7, 11) is -3.71. The van der Waals surface area contributed by atoms with E-state index in [2.05, 4.69) is 4.72 Å². The second-order valence-electron chi connectivity index (χ2n) is 4.80. The van der Waals surface area contributed by atoms with E-state index in [0.717, 1.165) is 6.07 Å². The second kappa shape index (κ2) is 4.87. The standard InChI is InChI=1S/C11H14ClNO4S/c1-11(2,3)13-18(16,17)7-4-5-8(10(14)15)9(12)6-7/h4-6,13H,1-3H3,(H,14,15). The molecule has 1 aromatic rings. The van der Waals surface area contributed by atoms with Gasteiger partial charge in [-0.1, -0.05) is 11.6 Å². The molecule has 0 amide bonds. The van der Waals surface area contributed by atoms with Gasteiger partial charge in [0.1, 0.15) is 0 Å². The van der Waals surface area contributed by atoms with E-state index < -0.39 is 21.5 Å². The smallest absolute Gasteiger partial charge is 0.337 e. The number of carbonyl (C=O) groups is 1. The van der Waals surface area contributed by atoms with Crippen molar-refractivity contribution in [3.05, 3.63) is 28.8 Å². The van der Waals surface area contributed by atoms with Gasteiger partial charge in [0, 0.05) is 5.54 Å². The van der Waals surface area contributed by atoms with Crippen molar-refractivity contribution in [3.8, 4) is 0 Å². The quantitative estimate of drug-likeness (QED) is 0.893. The molecule has 1 aromatic carbocycles. The predicted molar refractivity (Wildman–Crippen MR) is 68.5 cm³/mol. The molecule has 0 aliphatic heterocycles. The maximum absolute atomic E-state index is 12.0. The van der Waals surface area contributed by atoms with Gasteiger partial charge in [0.25, 0.3) is 0 Å². The van der Waals surface area contributed by atoms with Crippen molar-refractivity contribution in [3.63, 3.8) is 0 Å². The number of nitrogens with one attached hydrogen (secondary N) is 1. The van der Waals surface area contributed by atoms with Gasteiger partial charge in [0.05, 0.1) is 15.5 Å². The van der Waals surface area contributed by atoms with Crippen LogP contribution in [0.2, 0.25) is 5.02 Å². The summed E-state index contributed by atoms with van der Waals surface area (Å²) in [4.78, 5) is 10.7. The Morgan fingerprint density at radius 1 is 1.33 bits per heavy atom. The summed E-state index contributed by atoms with van der Waals surface area (Å²) in [6.45, 7) is 5.12. The van der Waals surface area contributed by atoms with Crippen LogP contribution in [0.4, 0.5) is 0 Å². The van der Waals surface area contributed by atoms with Crippen LogP contribution in [0.1, 0.15) is 31.1 Å². The zero-order valence-electron chi connectivity index (χ0n) is 10.2. The van der Waals surface area contributed by atoms with Crippen LogP contribution in [0.3, 0.4) is 0 Å². The number of carboxylic acid groups (broad SMARTS) is 1. The third-order valence-corrected chi connectivity index (χ3v) is 3.99. The molecule has 0 aliphatic rings.